The Hall–Kier alpha value is -3.33. The number of aromatic nitrogens is 2. The highest BCUT2D eigenvalue weighted by atomic mass is 32.2. The van der Waals surface area contributed by atoms with Gasteiger partial charge in [0.1, 0.15) is 6.54 Å². The molecule has 148 valence electrons. The number of hydrogen-bond acceptors (Lipinski definition) is 8. The minimum absolute atomic E-state index is 0.0333. The van der Waals surface area contributed by atoms with Crippen LogP contribution < -0.4 is 15.0 Å². The normalized spacial score (nSPS) is 12.2. The van der Waals surface area contributed by atoms with Crippen LogP contribution in [-0.4, -0.2) is 41.0 Å². The molecule has 0 unspecified atom stereocenters. The summed E-state index contributed by atoms with van der Waals surface area (Å²) in [6.07, 6.45) is 0. The first-order valence-electron chi connectivity index (χ1n) is 8.69. The lowest BCUT2D eigenvalue weighted by Crippen LogP contribution is -2.27. The van der Waals surface area contributed by atoms with Crippen molar-refractivity contribution in [1.82, 2.24) is 9.55 Å². The minimum atomic E-state index is -0.576. The number of fused-ring (bicyclic) bond motifs is 2. The van der Waals surface area contributed by atoms with Gasteiger partial charge in [0.05, 0.1) is 23.8 Å². The van der Waals surface area contributed by atoms with Crippen LogP contribution in [0.25, 0.3) is 10.9 Å². The highest BCUT2D eigenvalue weighted by Gasteiger charge is 2.19. The Balaban J connectivity index is 1.62. The van der Waals surface area contributed by atoms with Crippen LogP contribution in [0.15, 0.2) is 52.4 Å². The fraction of sp³-hybridized carbons (Fsp3) is 0.200. The van der Waals surface area contributed by atoms with Crippen molar-refractivity contribution >= 4 is 34.4 Å². The Morgan fingerprint density at radius 3 is 2.79 bits per heavy atom. The molecule has 0 bridgehead atoms. The molecule has 2 heterocycles. The average Bonchev–Trinajstić information content (AvgIpc) is 3.22. The molecule has 9 heteroatoms. The maximum absolute atomic E-state index is 12.8. The zero-order valence-electron chi connectivity index (χ0n) is 15.4. The predicted octanol–water partition coefficient (Wildman–Crippen LogP) is 2.27. The van der Waals surface area contributed by atoms with Crippen LogP contribution in [0.4, 0.5) is 0 Å². The summed E-state index contributed by atoms with van der Waals surface area (Å²) >= 11 is 1.09. The molecule has 1 aromatic heterocycles. The second kappa shape index (κ2) is 7.96. The molecule has 2 aromatic carbocycles. The van der Waals surface area contributed by atoms with Gasteiger partial charge in [-0.3, -0.25) is 19.0 Å². The lowest BCUT2D eigenvalue weighted by atomic mass is 10.1. The summed E-state index contributed by atoms with van der Waals surface area (Å²) in [6, 6.07) is 11.8. The van der Waals surface area contributed by atoms with Gasteiger partial charge in [-0.05, 0) is 30.3 Å². The number of thioether (sulfide) groups is 1. The van der Waals surface area contributed by atoms with Gasteiger partial charge in [-0.1, -0.05) is 23.9 Å². The number of methoxy groups -OCH3 is 1. The molecule has 0 fully saturated rings. The zero-order chi connectivity index (χ0) is 20.4. The van der Waals surface area contributed by atoms with Crippen LogP contribution in [0.2, 0.25) is 0 Å². The van der Waals surface area contributed by atoms with Gasteiger partial charge in [-0.25, -0.2) is 4.98 Å². The van der Waals surface area contributed by atoms with Crippen LogP contribution in [0.5, 0.6) is 11.5 Å². The van der Waals surface area contributed by atoms with Crippen molar-refractivity contribution in [1.29, 1.82) is 0 Å². The van der Waals surface area contributed by atoms with Gasteiger partial charge >= 0.3 is 5.97 Å². The third-order valence-electron chi connectivity index (χ3n) is 4.37. The van der Waals surface area contributed by atoms with Gasteiger partial charge in [-0.15, -0.1) is 0 Å². The number of carbonyl (C=O) groups is 2. The first-order valence-corrected chi connectivity index (χ1v) is 9.67. The third kappa shape index (κ3) is 3.81. The number of benzene rings is 2. The summed E-state index contributed by atoms with van der Waals surface area (Å²) in [5, 5.41) is 0.663. The first kappa shape index (κ1) is 19.0. The van der Waals surface area contributed by atoms with Gasteiger partial charge in [0, 0.05) is 5.56 Å². The minimum Gasteiger partial charge on any atom is -0.468 e. The van der Waals surface area contributed by atoms with Crippen molar-refractivity contribution in [2.45, 2.75) is 11.7 Å². The molecule has 0 N–H and O–H groups in total. The maximum atomic E-state index is 12.8. The first-order chi connectivity index (χ1) is 14.1. The molecule has 29 heavy (non-hydrogen) atoms. The van der Waals surface area contributed by atoms with E-state index in [0.717, 1.165) is 11.8 Å². The van der Waals surface area contributed by atoms with E-state index in [2.05, 4.69) is 9.72 Å². The molecule has 3 aromatic rings. The Bertz CT molecular complexity index is 1170. The van der Waals surface area contributed by atoms with E-state index in [4.69, 9.17) is 9.47 Å². The lowest BCUT2D eigenvalue weighted by Gasteiger charge is -2.12. The number of nitrogens with zero attached hydrogens (tertiary/aromatic N) is 2. The Kier molecular flexibility index (Phi) is 5.22. The SMILES string of the molecule is COC(=O)Cn1c(SCC(=O)c2ccc3c(c2)OCO3)nc2ccccc2c1=O. The lowest BCUT2D eigenvalue weighted by molar-refractivity contribution is -0.141. The molecule has 8 nitrogen and oxygen atoms in total. The number of esters is 1. The summed E-state index contributed by atoms with van der Waals surface area (Å²) in [4.78, 5) is 41.7. The number of carbonyl (C=O) groups excluding carboxylic acids is 2. The molecular formula is C20H16N2O6S. The van der Waals surface area contributed by atoms with Crippen LogP contribution in [0, 0.1) is 0 Å². The van der Waals surface area contributed by atoms with E-state index in [1.165, 1.54) is 11.7 Å². The van der Waals surface area contributed by atoms with E-state index in [-0.39, 0.29) is 35.6 Å². The van der Waals surface area contributed by atoms with Gasteiger partial charge in [-0.2, -0.15) is 0 Å². The van der Waals surface area contributed by atoms with Gasteiger partial charge in [0.25, 0.3) is 5.56 Å². The third-order valence-corrected chi connectivity index (χ3v) is 5.34. The second-order valence-electron chi connectivity index (χ2n) is 6.16. The summed E-state index contributed by atoms with van der Waals surface area (Å²) < 4.78 is 16.5. The van der Waals surface area contributed by atoms with E-state index in [1.54, 1.807) is 42.5 Å². The second-order valence-corrected chi connectivity index (χ2v) is 7.10. The maximum Gasteiger partial charge on any atom is 0.325 e. The van der Waals surface area contributed by atoms with E-state index in [0.29, 0.717) is 28.0 Å². The number of rotatable bonds is 6. The van der Waals surface area contributed by atoms with Crippen molar-refractivity contribution in [3.05, 3.63) is 58.4 Å². The molecule has 1 aliphatic heterocycles. The summed E-state index contributed by atoms with van der Waals surface area (Å²) in [6.45, 7) is -0.156. The van der Waals surface area contributed by atoms with Crippen molar-refractivity contribution < 1.29 is 23.8 Å². The van der Waals surface area contributed by atoms with E-state index >= 15 is 0 Å². The van der Waals surface area contributed by atoms with E-state index in [1.807, 2.05) is 0 Å². The van der Waals surface area contributed by atoms with Crippen molar-refractivity contribution in [3.8, 4) is 11.5 Å². The number of ether oxygens (including phenoxy) is 3. The van der Waals surface area contributed by atoms with Gasteiger partial charge in [0.15, 0.2) is 22.4 Å². The Labute approximate surface area is 169 Å². The largest absolute Gasteiger partial charge is 0.468 e. The highest BCUT2D eigenvalue weighted by molar-refractivity contribution is 7.99. The zero-order valence-corrected chi connectivity index (χ0v) is 16.2. The van der Waals surface area contributed by atoms with Crippen LogP contribution >= 0.6 is 11.8 Å². The van der Waals surface area contributed by atoms with E-state index < -0.39 is 5.97 Å². The van der Waals surface area contributed by atoms with Crippen LogP contribution in [-0.2, 0) is 16.1 Å². The number of ketones is 1. The topological polar surface area (TPSA) is 96.7 Å². The number of Topliss-reactive ketones (excluding diaryl/α,β-unsaturated/α-hetero) is 1. The molecular weight excluding hydrogens is 396 g/mol. The summed E-state index contributed by atoms with van der Waals surface area (Å²) in [5.74, 6) is 0.407. The standard InChI is InChI=1S/C20H16N2O6S/c1-26-18(24)9-22-19(25)13-4-2-3-5-14(13)21-20(22)29-10-15(23)12-6-7-16-17(8-12)28-11-27-16/h2-8H,9-11H2,1H3. The fourth-order valence-electron chi connectivity index (χ4n) is 2.87. The van der Waals surface area contributed by atoms with E-state index in [9.17, 15) is 14.4 Å². The number of hydrogen-bond donors (Lipinski definition) is 0. The van der Waals surface area contributed by atoms with Crippen LogP contribution in [0.3, 0.4) is 0 Å². The molecule has 0 saturated heterocycles. The van der Waals surface area contributed by atoms with Crippen molar-refractivity contribution in [2.75, 3.05) is 19.7 Å². The Morgan fingerprint density at radius 1 is 1.17 bits per heavy atom. The molecule has 0 spiro atoms. The molecule has 4 rings (SSSR count). The average molecular weight is 412 g/mol. The van der Waals surface area contributed by atoms with Gasteiger partial charge < -0.3 is 14.2 Å². The molecule has 0 amide bonds. The van der Waals surface area contributed by atoms with Crippen molar-refractivity contribution in [2.24, 2.45) is 0 Å². The monoisotopic (exact) mass is 412 g/mol. The quantitative estimate of drug-likeness (QED) is 0.263. The molecule has 0 radical (unpaired) electrons. The smallest absolute Gasteiger partial charge is 0.325 e. The number of para-hydroxylation sites is 1. The molecule has 1 aliphatic rings. The summed E-state index contributed by atoms with van der Waals surface area (Å²) in [7, 11) is 1.25. The molecule has 0 saturated carbocycles. The van der Waals surface area contributed by atoms with Gasteiger partial charge in [0.2, 0.25) is 6.79 Å². The highest BCUT2D eigenvalue weighted by Crippen LogP contribution is 2.33. The van der Waals surface area contributed by atoms with Crippen molar-refractivity contribution in [3.63, 3.8) is 0 Å². The molecule has 0 atom stereocenters. The Morgan fingerprint density at radius 2 is 1.97 bits per heavy atom. The fourth-order valence-corrected chi connectivity index (χ4v) is 3.77. The molecule has 0 aliphatic carbocycles. The predicted molar refractivity (Wildman–Crippen MR) is 106 cm³/mol. The van der Waals surface area contributed by atoms with Crippen LogP contribution in [0.1, 0.15) is 10.4 Å². The summed E-state index contributed by atoms with van der Waals surface area (Å²) in [5.41, 5.74) is 0.597.